The first-order valence-corrected chi connectivity index (χ1v) is 6.82. The highest BCUT2D eigenvalue weighted by atomic mass is 32.2. The van der Waals surface area contributed by atoms with Gasteiger partial charge in [0.05, 0.1) is 22.3 Å². The molecule has 106 valence electrons. The fraction of sp³-hybridized carbons (Fsp3) is 0. The quantitative estimate of drug-likeness (QED) is 0.646. The molecule has 3 rings (SSSR count). The topological polar surface area (TPSA) is 92.0 Å². The molecule has 0 aliphatic rings. The van der Waals surface area contributed by atoms with E-state index >= 15 is 0 Å². The number of nitrogen functional groups attached to an aromatic ring is 1. The van der Waals surface area contributed by atoms with Gasteiger partial charge in [0, 0.05) is 4.90 Å². The summed E-state index contributed by atoms with van der Waals surface area (Å²) in [6, 6.07) is 9.96. The van der Waals surface area contributed by atoms with Crippen molar-refractivity contribution >= 4 is 34.5 Å². The second-order valence-electron chi connectivity index (χ2n) is 4.30. The Balaban J connectivity index is 2.05. The summed E-state index contributed by atoms with van der Waals surface area (Å²) in [5, 5.41) is 9.72. The van der Waals surface area contributed by atoms with Crippen molar-refractivity contribution in [1.29, 1.82) is 0 Å². The summed E-state index contributed by atoms with van der Waals surface area (Å²) in [6.07, 6.45) is 0. The van der Waals surface area contributed by atoms with Crippen molar-refractivity contribution in [2.45, 2.75) is 10.1 Å². The SMILES string of the molecule is Nc1c(F)ccc(Sc2nc3ccccc3[nH]2)c1C(=O)O. The Morgan fingerprint density at radius 1 is 1.29 bits per heavy atom. The summed E-state index contributed by atoms with van der Waals surface area (Å²) < 4.78 is 13.4. The first-order valence-electron chi connectivity index (χ1n) is 6.00. The number of fused-ring (bicyclic) bond motifs is 1. The maximum absolute atomic E-state index is 13.4. The third-order valence-corrected chi connectivity index (χ3v) is 3.89. The number of nitrogens with one attached hydrogen (secondary N) is 1. The average molecular weight is 303 g/mol. The van der Waals surface area contributed by atoms with Crippen molar-refractivity contribution in [3.05, 3.63) is 47.8 Å². The van der Waals surface area contributed by atoms with E-state index in [2.05, 4.69) is 9.97 Å². The van der Waals surface area contributed by atoms with Gasteiger partial charge >= 0.3 is 5.97 Å². The summed E-state index contributed by atoms with van der Waals surface area (Å²) >= 11 is 1.10. The third-order valence-electron chi connectivity index (χ3n) is 2.94. The molecule has 0 fully saturated rings. The molecule has 2 aromatic carbocycles. The van der Waals surface area contributed by atoms with E-state index in [0.717, 1.165) is 28.9 Å². The molecule has 5 nitrogen and oxygen atoms in total. The number of nitrogens with two attached hydrogens (primary N) is 1. The third kappa shape index (κ3) is 2.43. The number of anilines is 1. The number of halogens is 1. The normalized spacial score (nSPS) is 10.9. The van der Waals surface area contributed by atoms with Gasteiger partial charge in [0.2, 0.25) is 0 Å². The number of carboxylic acid groups (broad SMARTS) is 1. The lowest BCUT2D eigenvalue weighted by atomic mass is 10.2. The maximum Gasteiger partial charge on any atom is 0.339 e. The molecule has 0 bridgehead atoms. The van der Waals surface area contributed by atoms with Gasteiger partial charge in [-0.2, -0.15) is 0 Å². The van der Waals surface area contributed by atoms with Crippen LogP contribution in [-0.4, -0.2) is 21.0 Å². The molecule has 3 aromatic rings. The number of aromatic nitrogens is 2. The Morgan fingerprint density at radius 3 is 2.76 bits per heavy atom. The van der Waals surface area contributed by atoms with Gasteiger partial charge in [0.25, 0.3) is 0 Å². The fourth-order valence-electron chi connectivity index (χ4n) is 1.96. The molecule has 21 heavy (non-hydrogen) atoms. The lowest BCUT2D eigenvalue weighted by molar-refractivity contribution is 0.0694. The van der Waals surface area contributed by atoms with Crippen LogP contribution in [0.4, 0.5) is 10.1 Å². The van der Waals surface area contributed by atoms with Gasteiger partial charge in [-0.1, -0.05) is 23.9 Å². The molecule has 1 heterocycles. The minimum absolute atomic E-state index is 0.250. The number of para-hydroxylation sites is 2. The minimum atomic E-state index is -1.27. The number of hydrogen-bond donors (Lipinski definition) is 3. The molecule has 1 aromatic heterocycles. The number of carbonyl (C=O) groups is 1. The van der Waals surface area contributed by atoms with Gasteiger partial charge in [-0.05, 0) is 24.3 Å². The van der Waals surface area contributed by atoms with Crippen LogP contribution in [0, 0.1) is 5.82 Å². The Bertz CT molecular complexity index is 814. The zero-order valence-electron chi connectivity index (χ0n) is 10.6. The van der Waals surface area contributed by atoms with Crippen molar-refractivity contribution in [2.24, 2.45) is 0 Å². The molecule has 0 saturated heterocycles. The molecule has 0 radical (unpaired) electrons. The number of imidazole rings is 1. The van der Waals surface area contributed by atoms with E-state index in [-0.39, 0.29) is 11.3 Å². The second kappa shape index (κ2) is 5.10. The largest absolute Gasteiger partial charge is 0.478 e. The summed E-state index contributed by atoms with van der Waals surface area (Å²) in [5.41, 5.74) is 6.50. The van der Waals surface area contributed by atoms with E-state index in [1.54, 1.807) is 0 Å². The average Bonchev–Trinajstić information content (AvgIpc) is 2.85. The maximum atomic E-state index is 13.4. The number of rotatable bonds is 3. The van der Waals surface area contributed by atoms with Crippen LogP contribution in [0.15, 0.2) is 46.5 Å². The molecule has 7 heteroatoms. The molecule has 4 N–H and O–H groups in total. The van der Waals surface area contributed by atoms with Crippen molar-refractivity contribution in [3.8, 4) is 0 Å². The number of aromatic carboxylic acids is 1. The van der Waals surface area contributed by atoms with Crippen LogP contribution in [0.3, 0.4) is 0 Å². The predicted molar refractivity (Wildman–Crippen MR) is 78.0 cm³/mol. The molecule has 0 spiro atoms. The molecule has 0 atom stereocenters. The Hall–Kier alpha value is -2.54. The van der Waals surface area contributed by atoms with Gasteiger partial charge in [0.1, 0.15) is 5.82 Å². The molecule has 0 aliphatic heterocycles. The summed E-state index contributed by atoms with van der Waals surface area (Å²) in [4.78, 5) is 19.0. The number of aromatic amines is 1. The molecular formula is C14H10FN3O2S. The van der Waals surface area contributed by atoms with Crippen molar-refractivity contribution in [1.82, 2.24) is 9.97 Å². The van der Waals surface area contributed by atoms with Crippen LogP contribution in [-0.2, 0) is 0 Å². The van der Waals surface area contributed by atoms with Crippen LogP contribution < -0.4 is 5.73 Å². The summed E-state index contributed by atoms with van der Waals surface area (Å²) in [6.45, 7) is 0. The van der Waals surface area contributed by atoms with Gasteiger partial charge < -0.3 is 15.8 Å². The van der Waals surface area contributed by atoms with Crippen LogP contribution in [0.5, 0.6) is 0 Å². The second-order valence-corrected chi connectivity index (χ2v) is 5.33. The van der Waals surface area contributed by atoms with E-state index in [4.69, 9.17) is 5.73 Å². The van der Waals surface area contributed by atoms with Crippen molar-refractivity contribution < 1.29 is 14.3 Å². The molecule has 0 saturated carbocycles. The smallest absolute Gasteiger partial charge is 0.339 e. The number of H-pyrrole nitrogens is 1. The predicted octanol–water partition coefficient (Wildman–Crippen LogP) is 3.13. The van der Waals surface area contributed by atoms with Crippen LogP contribution in [0.1, 0.15) is 10.4 Å². The number of nitrogens with zero attached hydrogens (tertiary/aromatic N) is 1. The van der Waals surface area contributed by atoms with Gasteiger partial charge in [0.15, 0.2) is 5.16 Å². The first kappa shape index (κ1) is 13.4. The highest BCUT2D eigenvalue weighted by Crippen LogP contribution is 2.33. The zero-order chi connectivity index (χ0) is 15.0. The molecule has 0 aliphatic carbocycles. The van der Waals surface area contributed by atoms with E-state index in [1.165, 1.54) is 6.07 Å². The Morgan fingerprint density at radius 2 is 2.05 bits per heavy atom. The number of hydrogen-bond acceptors (Lipinski definition) is 4. The van der Waals surface area contributed by atoms with E-state index < -0.39 is 11.8 Å². The Kier molecular flexibility index (Phi) is 3.26. The standard InChI is InChI=1S/C14H10FN3O2S/c15-7-5-6-10(11(12(7)16)13(19)20)21-14-17-8-3-1-2-4-9(8)18-14/h1-6H,16H2,(H,17,18)(H,19,20). The minimum Gasteiger partial charge on any atom is -0.478 e. The zero-order valence-corrected chi connectivity index (χ0v) is 11.4. The van der Waals surface area contributed by atoms with E-state index in [1.807, 2.05) is 24.3 Å². The van der Waals surface area contributed by atoms with Gasteiger partial charge in [-0.3, -0.25) is 0 Å². The lowest BCUT2D eigenvalue weighted by Crippen LogP contribution is -2.06. The highest BCUT2D eigenvalue weighted by Gasteiger charge is 2.19. The highest BCUT2D eigenvalue weighted by molar-refractivity contribution is 7.99. The molecular weight excluding hydrogens is 293 g/mol. The number of carboxylic acids is 1. The van der Waals surface area contributed by atoms with Crippen molar-refractivity contribution in [3.63, 3.8) is 0 Å². The number of benzene rings is 2. The fourth-order valence-corrected chi connectivity index (χ4v) is 2.91. The van der Waals surface area contributed by atoms with Crippen LogP contribution in [0.2, 0.25) is 0 Å². The van der Waals surface area contributed by atoms with E-state index in [9.17, 15) is 14.3 Å². The van der Waals surface area contributed by atoms with Crippen LogP contribution in [0.25, 0.3) is 11.0 Å². The van der Waals surface area contributed by atoms with Crippen LogP contribution >= 0.6 is 11.8 Å². The first-order chi connectivity index (χ1) is 10.1. The monoisotopic (exact) mass is 303 g/mol. The lowest BCUT2D eigenvalue weighted by Gasteiger charge is -2.07. The summed E-state index contributed by atoms with van der Waals surface area (Å²) in [7, 11) is 0. The van der Waals surface area contributed by atoms with Gasteiger partial charge in [-0.25, -0.2) is 14.2 Å². The van der Waals surface area contributed by atoms with Gasteiger partial charge in [-0.15, -0.1) is 0 Å². The summed E-state index contributed by atoms with van der Waals surface area (Å²) in [5.74, 6) is -2.02. The van der Waals surface area contributed by atoms with Crippen molar-refractivity contribution in [2.75, 3.05) is 5.73 Å². The molecule has 0 unspecified atom stereocenters. The van der Waals surface area contributed by atoms with E-state index in [0.29, 0.717) is 10.1 Å². The molecule has 0 amide bonds. The Labute approximate surface area is 123 Å².